The van der Waals surface area contributed by atoms with E-state index in [1.807, 2.05) is 42.5 Å². The molecule has 1 fully saturated rings. The molecule has 30 heavy (non-hydrogen) atoms. The predicted molar refractivity (Wildman–Crippen MR) is 125 cm³/mol. The van der Waals surface area contributed by atoms with Crippen LogP contribution in [0.5, 0.6) is 0 Å². The predicted octanol–water partition coefficient (Wildman–Crippen LogP) is 5.82. The number of hydrazone groups is 1. The smallest absolute Gasteiger partial charge is 0.282 e. The lowest BCUT2D eigenvalue weighted by atomic mass is 9.86. The Kier molecular flexibility index (Phi) is 5.25. The minimum Gasteiger partial charge on any atom is -0.282 e. The second-order valence-corrected chi connectivity index (χ2v) is 9.17. The number of hydrogen-bond donors (Lipinski definition) is 1. The summed E-state index contributed by atoms with van der Waals surface area (Å²) in [4.78, 5) is 17.0. The van der Waals surface area contributed by atoms with Crippen molar-refractivity contribution < 1.29 is 4.79 Å². The maximum Gasteiger partial charge on any atom is 0.283 e. The van der Waals surface area contributed by atoms with Crippen molar-refractivity contribution in [1.82, 2.24) is 5.01 Å². The van der Waals surface area contributed by atoms with Crippen molar-refractivity contribution in [3.05, 3.63) is 53.6 Å². The molecule has 1 aliphatic carbocycles. The first-order valence-corrected chi connectivity index (χ1v) is 11.5. The zero-order valence-electron chi connectivity index (χ0n) is 16.8. The summed E-state index contributed by atoms with van der Waals surface area (Å²) in [6.07, 6.45) is 10.5. The van der Waals surface area contributed by atoms with Crippen molar-refractivity contribution in [2.75, 3.05) is 0 Å². The summed E-state index contributed by atoms with van der Waals surface area (Å²) in [5.41, 5.74) is 1.20. The standard InChI is InChI=1S/C24H24N4OS/c25-22-20(15-18-11-6-10-17-9-4-5-12-19(17)18)23(29)26-24-28(22)27-21(30-24)14-13-16-7-2-1-3-8-16/h4-6,9-12,15-16,25H,1-3,7-8,13-14H2/b20-15+,25-22?. The lowest BCUT2D eigenvalue weighted by Crippen LogP contribution is -2.35. The zero-order chi connectivity index (χ0) is 20.5. The van der Waals surface area contributed by atoms with Gasteiger partial charge in [0.05, 0.1) is 5.57 Å². The summed E-state index contributed by atoms with van der Waals surface area (Å²) in [7, 11) is 0. The SMILES string of the molecule is N=C1/C(=C\c2cccc3ccccc23)C(=O)N=C2SC(CCC3CCCCC3)=NN12. The Labute approximate surface area is 180 Å². The average Bonchev–Trinajstić information content (AvgIpc) is 3.19. The first-order chi connectivity index (χ1) is 14.7. The summed E-state index contributed by atoms with van der Waals surface area (Å²) >= 11 is 1.44. The van der Waals surface area contributed by atoms with Crippen LogP contribution >= 0.6 is 11.8 Å². The van der Waals surface area contributed by atoms with Crippen molar-refractivity contribution in [3.8, 4) is 0 Å². The van der Waals surface area contributed by atoms with Gasteiger partial charge in [-0.3, -0.25) is 10.2 Å². The molecule has 3 aliphatic rings. The molecule has 1 saturated carbocycles. The van der Waals surface area contributed by atoms with Crippen LogP contribution in [-0.2, 0) is 4.79 Å². The van der Waals surface area contributed by atoms with E-state index in [1.165, 1.54) is 48.9 Å². The van der Waals surface area contributed by atoms with E-state index in [-0.39, 0.29) is 17.3 Å². The summed E-state index contributed by atoms with van der Waals surface area (Å²) in [6.45, 7) is 0. The molecule has 0 unspecified atom stereocenters. The molecular weight excluding hydrogens is 392 g/mol. The lowest BCUT2D eigenvalue weighted by molar-refractivity contribution is -0.114. The highest BCUT2D eigenvalue weighted by atomic mass is 32.2. The van der Waals surface area contributed by atoms with Crippen LogP contribution in [0.15, 0.2) is 58.1 Å². The van der Waals surface area contributed by atoms with Crippen molar-refractivity contribution in [2.45, 2.75) is 44.9 Å². The minimum absolute atomic E-state index is 0.109. The van der Waals surface area contributed by atoms with E-state index >= 15 is 0 Å². The van der Waals surface area contributed by atoms with Gasteiger partial charge in [0, 0.05) is 0 Å². The van der Waals surface area contributed by atoms with Gasteiger partial charge >= 0.3 is 0 Å². The number of amidine groups is 2. The molecule has 1 N–H and O–H groups in total. The molecule has 2 aromatic carbocycles. The fourth-order valence-electron chi connectivity index (χ4n) is 4.47. The Morgan fingerprint density at radius 1 is 1.10 bits per heavy atom. The number of hydrogen-bond acceptors (Lipinski definition) is 4. The molecule has 0 aromatic heterocycles. The molecule has 6 heteroatoms. The van der Waals surface area contributed by atoms with Gasteiger partial charge in [-0.1, -0.05) is 74.6 Å². The molecule has 2 heterocycles. The first kappa shape index (κ1) is 19.2. The highest BCUT2D eigenvalue weighted by Crippen LogP contribution is 2.33. The Balaban J connectivity index is 1.38. The van der Waals surface area contributed by atoms with E-state index in [1.54, 1.807) is 6.08 Å². The van der Waals surface area contributed by atoms with Crippen LogP contribution in [0, 0.1) is 11.3 Å². The lowest BCUT2D eigenvalue weighted by Gasteiger charge is -2.20. The van der Waals surface area contributed by atoms with Crippen molar-refractivity contribution >= 4 is 50.6 Å². The van der Waals surface area contributed by atoms with E-state index in [4.69, 9.17) is 5.41 Å². The zero-order valence-corrected chi connectivity index (χ0v) is 17.6. The van der Waals surface area contributed by atoms with Crippen LogP contribution in [-0.4, -0.2) is 27.0 Å². The van der Waals surface area contributed by atoms with E-state index < -0.39 is 0 Å². The number of fused-ring (bicyclic) bond motifs is 2. The van der Waals surface area contributed by atoms with E-state index in [0.29, 0.717) is 5.17 Å². The largest absolute Gasteiger partial charge is 0.283 e. The average molecular weight is 417 g/mol. The number of nitrogens with zero attached hydrogens (tertiary/aromatic N) is 3. The molecule has 152 valence electrons. The van der Waals surface area contributed by atoms with Crippen LogP contribution in [0.4, 0.5) is 0 Å². The maximum atomic E-state index is 12.7. The topological polar surface area (TPSA) is 68.9 Å². The third-order valence-corrected chi connectivity index (χ3v) is 7.08. The summed E-state index contributed by atoms with van der Waals surface area (Å²) in [5, 5.41) is 18.4. The number of carbonyl (C=O) groups is 1. The molecular formula is C24H24N4OS. The maximum absolute atomic E-state index is 12.7. The normalized spacial score (nSPS) is 21.2. The quantitative estimate of drug-likeness (QED) is 0.639. The Morgan fingerprint density at radius 3 is 2.77 bits per heavy atom. The van der Waals surface area contributed by atoms with Gasteiger partial charge in [0.15, 0.2) is 5.84 Å². The summed E-state index contributed by atoms with van der Waals surface area (Å²) in [6, 6.07) is 14.0. The second-order valence-electron chi connectivity index (χ2n) is 8.12. The number of aliphatic imine (C=N–C) groups is 1. The highest BCUT2D eigenvalue weighted by molar-refractivity contribution is 8.26. The number of rotatable bonds is 4. The number of carbonyl (C=O) groups excluding carboxylic acids is 1. The molecule has 2 aromatic rings. The van der Waals surface area contributed by atoms with E-state index in [2.05, 4.69) is 10.1 Å². The Hall–Kier alpha value is -2.73. The van der Waals surface area contributed by atoms with Gasteiger partial charge in [0.2, 0.25) is 5.17 Å². The molecule has 5 nitrogen and oxygen atoms in total. The van der Waals surface area contributed by atoms with E-state index in [9.17, 15) is 4.79 Å². The number of thioether (sulfide) groups is 1. The van der Waals surface area contributed by atoms with Gasteiger partial charge < -0.3 is 0 Å². The third-order valence-electron chi connectivity index (χ3n) is 6.11. The number of amides is 1. The highest BCUT2D eigenvalue weighted by Gasteiger charge is 2.35. The van der Waals surface area contributed by atoms with Crippen molar-refractivity contribution in [3.63, 3.8) is 0 Å². The third kappa shape index (κ3) is 3.72. The summed E-state index contributed by atoms with van der Waals surface area (Å²) in [5.74, 6) is 0.526. The second kappa shape index (κ2) is 8.19. The molecule has 0 atom stereocenters. The Bertz CT molecular complexity index is 1110. The van der Waals surface area contributed by atoms with Gasteiger partial charge in [-0.2, -0.15) is 15.1 Å². The molecule has 0 saturated heterocycles. The first-order valence-electron chi connectivity index (χ1n) is 10.7. The molecule has 1 amide bonds. The summed E-state index contributed by atoms with van der Waals surface area (Å²) < 4.78 is 0. The van der Waals surface area contributed by atoms with Crippen molar-refractivity contribution in [1.29, 1.82) is 5.41 Å². The van der Waals surface area contributed by atoms with Crippen molar-refractivity contribution in [2.24, 2.45) is 16.0 Å². The van der Waals surface area contributed by atoms with Crippen LogP contribution in [0.3, 0.4) is 0 Å². The molecule has 0 spiro atoms. The fourth-order valence-corrected chi connectivity index (χ4v) is 5.37. The van der Waals surface area contributed by atoms with Gasteiger partial charge in [-0.15, -0.1) is 0 Å². The Morgan fingerprint density at radius 2 is 1.90 bits per heavy atom. The van der Waals surface area contributed by atoms with E-state index in [0.717, 1.165) is 40.1 Å². The minimum atomic E-state index is -0.365. The molecule has 0 bridgehead atoms. The van der Waals surface area contributed by atoms with Crippen LogP contribution in [0.2, 0.25) is 0 Å². The van der Waals surface area contributed by atoms with Gasteiger partial charge in [-0.25, -0.2) is 0 Å². The van der Waals surface area contributed by atoms with Gasteiger partial charge in [0.25, 0.3) is 5.91 Å². The number of benzene rings is 2. The van der Waals surface area contributed by atoms with Gasteiger partial charge in [0.1, 0.15) is 5.04 Å². The van der Waals surface area contributed by atoms with Crippen LogP contribution < -0.4 is 0 Å². The van der Waals surface area contributed by atoms with Crippen LogP contribution in [0.25, 0.3) is 16.8 Å². The van der Waals surface area contributed by atoms with Crippen LogP contribution in [0.1, 0.15) is 50.5 Å². The molecule has 0 radical (unpaired) electrons. The molecule has 5 rings (SSSR count). The molecule has 2 aliphatic heterocycles. The monoisotopic (exact) mass is 416 g/mol. The fraction of sp³-hybridized carbons (Fsp3) is 0.333. The number of nitrogens with one attached hydrogen (secondary N) is 1. The van der Waals surface area contributed by atoms with Gasteiger partial charge in [-0.05, 0) is 52.9 Å².